The predicted octanol–water partition coefficient (Wildman–Crippen LogP) is 2.26. The molecule has 1 N–H and O–H groups in total. The van der Waals surface area contributed by atoms with Crippen molar-refractivity contribution in [2.75, 3.05) is 0 Å². The summed E-state index contributed by atoms with van der Waals surface area (Å²) in [7, 11) is 0. The average Bonchev–Trinajstić information content (AvgIpc) is 2.08. The molecular weight excluding hydrogens is 176 g/mol. The highest BCUT2D eigenvalue weighted by Crippen LogP contribution is 2.27. The van der Waals surface area contributed by atoms with Crippen LogP contribution in [0.15, 0.2) is 24.3 Å². The van der Waals surface area contributed by atoms with Gasteiger partial charge in [-0.3, -0.25) is 4.79 Å². The van der Waals surface area contributed by atoms with Crippen LogP contribution in [0.25, 0.3) is 6.08 Å². The summed E-state index contributed by atoms with van der Waals surface area (Å²) in [5.74, 6) is -0.00253. The van der Waals surface area contributed by atoms with Gasteiger partial charge in [-0.25, -0.2) is 0 Å². The molecule has 0 bridgehead atoms. The smallest absolute Gasteiger partial charge is 0.142 e. The summed E-state index contributed by atoms with van der Waals surface area (Å²) < 4.78 is 0. The largest absolute Gasteiger partial charge is 0.506 e. The first-order valence-corrected chi connectivity index (χ1v) is 3.73. The van der Waals surface area contributed by atoms with Crippen LogP contribution in [-0.2, 0) is 4.79 Å². The van der Waals surface area contributed by atoms with Gasteiger partial charge in [0.2, 0.25) is 0 Å². The van der Waals surface area contributed by atoms with Crippen molar-refractivity contribution in [1.29, 1.82) is 0 Å². The van der Waals surface area contributed by atoms with Crippen molar-refractivity contribution in [2.24, 2.45) is 0 Å². The van der Waals surface area contributed by atoms with E-state index in [-0.39, 0.29) is 10.8 Å². The molecule has 1 aromatic carbocycles. The molecule has 0 atom stereocenters. The molecule has 0 aliphatic rings. The maximum Gasteiger partial charge on any atom is 0.142 e. The molecule has 2 nitrogen and oxygen atoms in total. The number of allylic oxidation sites excluding steroid dienone is 1. The molecule has 12 heavy (non-hydrogen) atoms. The van der Waals surface area contributed by atoms with Gasteiger partial charge in [-0.2, -0.15) is 0 Å². The summed E-state index contributed by atoms with van der Waals surface area (Å²) >= 11 is 5.62. The van der Waals surface area contributed by atoms with E-state index >= 15 is 0 Å². The number of carbonyl (C=O) groups is 1. The van der Waals surface area contributed by atoms with Crippen molar-refractivity contribution >= 4 is 24.0 Å². The minimum Gasteiger partial charge on any atom is -0.506 e. The van der Waals surface area contributed by atoms with Crippen LogP contribution < -0.4 is 0 Å². The monoisotopic (exact) mass is 182 g/mol. The van der Waals surface area contributed by atoms with E-state index in [0.29, 0.717) is 11.8 Å². The third-order valence-corrected chi connectivity index (χ3v) is 1.68. The van der Waals surface area contributed by atoms with Crippen molar-refractivity contribution in [2.45, 2.75) is 0 Å². The van der Waals surface area contributed by atoms with Crippen LogP contribution in [-0.4, -0.2) is 11.4 Å². The highest BCUT2D eigenvalue weighted by molar-refractivity contribution is 6.32. The fraction of sp³-hybridized carbons (Fsp3) is 0. The SMILES string of the molecule is O=CC=Cc1cccc(Cl)c1O. The molecule has 1 rings (SSSR count). The summed E-state index contributed by atoms with van der Waals surface area (Å²) in [4.78, 5) is 9.97. The summed E-state index contributed by atoms with van der Waals surface area (Å²) in [5.41, 5.74) is 0.537. The quantitative estimate of drug-likeness (QED) is 0.563. The summed E-state index contributed by atoms with van der Waals surface area (Å²) in [6.45, 7) is 0. The average molecular weight is 183 g/mol. The molecule has 0 aromatic heterocycles. The van der Waals surface area contributed by atoms with Crippen molar-refractivity contribution < 1.29 is 9.90 Å². The number of aromatic hydroxyl groups is 1. The first kappa shape index (κ1) is 8.81. The van der Waals surface area contributed by atoms with Gasteiger partial charge in [0.1, 0.15) is 12.0 Å². The topological polar surface area (TPSA) is 37.3 Å². The minimum atomic E-state index is -0.00253. The third kappa shape index (κ3) is 1.86. The van der Waals surface area contributed by atoms with E-state index in [4.69, 9.17) is 11.6 Å². The maximum absolute atomic E-state index is 9.97. The summed E-state index contributed by atoms with van der Waals surface area (Å²) in [6.07, 6.45) is 3.43. The zero-order chi connectivity index (χ0) is 8.97. The molecule has 0 saturated heterocycles. The number of benzene rings is 1. The standard InChI is InChI=1S/C9H7ClO2/c10-8-5-1-3-7(9(8)12)4-2-6-11/h1-6,12H. The fourth-order valence-corrected chi connectivity index (χ4v) is 0.991. The molecular formula is C9H7ClO2. The Morgan fingerprint density at radius 2 is 2.17 bits per heavy atom. The molecule has 0 amide bonds. The maximum atomic E-state index is 9.97. The minimum absolute atomic E-state index is 0.00253. The Kier molecular flexibility index (Phi) is 2.88. The van der Waals surface area contributed by atoms with Gasteiger partial charge in [0, 0.05) is 5.56 Å². The van der Waals surface area contributed by atoms with E-state index in [0.717, 1.165) is 0 Å². The number of phenolic OH excluding ortho intramolecular Hbond substituents is 1. The number of hydrogen-bond donors (Lipinski definition) is 1. The Labute approximate surface area is 75.1 Å². The third-order valence-electron chi connectivity index (χ3n) is 1.37. The van der Waals surface area contributed by atoms with Crippen LogP contribution in [0.5, 0.6) is 5.75 Å². The van der Waals surface area contributed by atoms with Gasteiger partial charge in [-0.1, -0.05) is 23.7 Å². The zero-order valence-corrected chi connectivity index (χ0v) is 6.95. The molecule has 0 unspecified atom stereocenters. The first-order chi connectivity index (χ1) is 5.75. The lowest BCUT2D eigenvalue weighted by Gasteiger charge is -1.99. The highest BCUT2D eigenvalue weighted by atomic mass is 35.5. The van der Waals surface area contributed by atoms with E-state index in [1.165, 1.54) is 12.2 Å². The van der Waals surface area contributed by atoms with Gasteiger partial charge in [-0.15, -0.1) is 0 Å². The number of aldehydes is 1. The molecule has 0 heterocycles. The Morgan fingerprint density at radius 3 is 2.83 bits per heavy atom. The number of rotatable bonds is 2. The Balaban J connectivity index is 3.07. The second kappa shape index (κ2) is 3.93. The van der Waals surface area contributed by atoms with Gasteiger partial charge >= 0.3 is 0 Å². The lowest BCUT2D eigenvalue weighted by Crippen LogP contribution is -1.75. The van der Waals surface area contributed by atoms with E-state index in [1.807, 2.05) is 0 Å². The van der Waals surface area contributed by atoms with Gasteiger partial charge in [-0.05, 0) is 18.2 Å². The molecule has 0 aliphatic heterocycles. The Bertz CT molecular complexity index is 318. The van der Waals surface area contributed by atoms with Crippen molar-refractivity contribution in [3.8, 4) is 5.75 Å². The van der Waals surface area contributed by atoms with Crippen LogP contribution in [0.1, 0.15) is 5.56 Å². The zero-order valence-electron chi connectivity index (χ0n) is 6.20. The highest BCUT2D eigenvalue weighted by Gasteiger charge is 2.00. The predicted molar refractivity (Wildman–Crippen MR) is 48.2 cm³/mol. The van der Waals surface area contributed by atoms with E-state index in [1.54, 1.807) is 18.2 Å². The molecule has 0 saturated carbocycles. The van der Waals surface area contributed by atoms with Crippen molar-refractivity contribution in [1.82, 2.24) is 0 Å². The second-order valence-electron chi connectivity index (χ2n) is 2.17. The summed E-state index contributed by atoms with van der Waals surface area (Å²) in [6, 6.07) is 4.95. The van der Waals surface area contributed by atoms with Crippen LogP contribution >= 0.6 is 11.6 Å². The lowest BCUT2D eigenvalue weighted by molar-refractivity contribution is -0.104. The number of carbonyl (C=O) groups excluding carboxylic acids is 1. The number of para-hydroxylation sites is 1. The van der Waals surface area contributed by atoms with Gasteiger partial charge in [0.15, 0.2) is 0 Å². The number of halogens is 1. The van der Waals surface area contributed by atoms with E-state index in [2.05, 4.69) is 0 Å². The number of hydrogen-bond acceptors (Lipinski definition) is 2. The van der Waals surface area contributed by atoms with Gasteiger partial charge < -0.3 is 5.11 Å². The van der Waals surface area contributed by atoms with Crippen LogP contribution in [0.3, 0.4) is 0 Å². The van der Waals surface area contributed by atoms with Crippen molar-refractivity contribution in [3.63, 3.8) is 0 Å². The number of phenols is 1. The van der Waals surface area contributed by atoms with Gasteiger partial charge in [0.05, 0.1) is 5.02 Å². The molecule has 1 aromatic rings. The Hall–Kier alpha value is -1.28. The Morgan fingerprint density at radius 1 is 1.42 bits per heavy atom. The van der Waals surface area contributed by atoms with E-state index < -0.39 is 0 Å². The first-order valence-electron chi connectivity index (χ1n) is 3.35. The summed E-state index contributed by atoms with van der Waals surface area (Å²) in [5, 5.41) is 9.61. The van der Waals surface area contributed by atoms with E-state index in [9.17, 15) is 9.90 Å². The molecule has 0 radical (unpaired) electrons. The van der Waals surface area contributed by atoms with Crippen LogP contribution in [0.4, 0.5) is 0 Å². The molecule has 3 heteroatoms. The molecule has 0 aliphatic carbocycles. The van der Waals surface area contributed by atoms with Gasteiger partial charge in [0.25, 0.3) is 0 Å². The van der Waals surface area contributed by atoms with Crippen LogP contribution in [0.2, 0.25) is 5.02 Å². The molecule has 0 fully saturated rings. The molecule has 0 spiro atoms. The normalized spacial score (nSPS) is 10.4. The fourth-order valence-electron chi connectivity index (χ4n) is 0.809. The van der Waals surface area contributed by atoms with Crippen LogP contribution in [0, 0.1) is 0 Å². The van der Waals surface area contributed by atoms with Crippen molar-refractivity contribution in [3.05, 3.63) is 34.9 Å². The second-order valence-corrected chi connectivity index (χ2v) is 2.58. The molecule has 62 valence electrons. The lowest BCUT2D eigenvalue weighted by atomic mass is 10.2.